The summed E-state index contributed by atoms with van der Waals surface area (Å²) in [5.74, 6) is 0.392. The Balaban J connectivity index is 1.99. The Morgan fingerprint density at radius 1 is 1.14 bits per heavy atom. The van der Waals surface area contributed by atoms with Crippen LogP contribution >= 0.6 is 0 Å². The van der Waals surface area contributed by atoms with Crippen molar-refractivity contribution in [2.45, 2.75) is 13.5 Å². The summed E-state index contributed by atoms with van der Waals surface area (Å²) in [4.78, 5) is 11.1. The number of carbonyl (C=O) groups excluding carboxylic acids is 1. The Labute approximate surface area is 124 Å². The second-order valence-corrected chi connectivity index (χ2v) is 4.70. The summed E-state index contributed by atoms with van der Waals surface area (Å²) in [6.45, 7) is 2.58. The molecule has 0 unspecified atom stereocenters. The van der Waals surface area contributed by atoms with E-state index in [0.29, 0.717) is 6.61 Å². The SMILES string of the molecule is COC(=O)/C=C/c1cccc(OCc2ccc(C)cc2)c1. The van der Waals surface area contributed by atoms with Crippen molar-refractivity contribution in [3.63, 3.8) is 0 Å². The highest BCUT2D eigenvalue weighted by Gasteiger charge is 1.98. The average molecular weight is 282 g/mol. The quantitative estimate of drug-likeness (QED) is 0.618. The molecule has 0 amide bonds. The molecule has 0 aliphatic carbocycles. The molecule has 2 rings (SSSR count). The molecule has 0 spiro atoms. The van der Waals surface area contributed by atoms with Crippen LogP contribution in [0.1, 0.15) is 16.7 Å². The van der Waals surface area contributed by atoms with Gasteiger partial charge in [0.15, 0.2) is 0 Å². The summed E-state index contributed by atoms with van der Waals surface area (Å²) in [6, 6.07) is 15.8. The summed E-state index contributed by atoms with van der Waals surface area (Å²) in [5.41, 5.74) is 3.24. The van der Waals surface area contributed by atoms with Gasteiger partial charge in [-0.15, -0.1) is 0 Å². The van der Waals surface area contributed by atoms with Crippen LogP contribution in [0, 0.1) is 6.92 Å². The van der Waals surface area contributed by atoms with Crippen molar-refractivity contribution in [1.29, 1.82) is 0 Å². The number of methoxy groups -OCH3 is 1. The first-order valence-electron chi connectivity index (χ1n) is 6.72. The van der Waals surface area contributed by atoms with Crippen molar-refractivity contribution in [3.8, 4) is 5.75 Å². The second kappa shape index (κ2) is 7.29. The molecule has 0 aliphatic heterocycles. The Kier molecular flexibility index (Phi) is 5.16. The lowest BCUT2D eigenvalue weighted by atomic mass is 10.1. The lowest BCUT2D eigenvalue weighted by molar-refractivity contribution is -0.134. The van der Waals surface area contributed by atoms with Gasteiger partial charge in [0.05, 0.1) is 7.11 Å². The highest BCUT2D eigenvalue weighted by atomic mass is 16.5. The molecule has 0 aromatic heterocycles. The summed E-state index contributed by atoms with van der Waals surface area (Å²) in [5, 5.41) is 0. The molecule has 2 aromatic carbocycles. The summed E-state index contributed by atoms with van der Waals surface area (Å²) in [7, 11) is 1.35. The number of esters is 1. The predicted molar refractivity (Wildman–Crippen MR) is 83.0 cm³/mol. The van der Waals surface area contributed by atoms with Gasteiger partial charge < -0.3 is 9.47 Å². The van der Waals surface area contributed by atoms with Crippen LogP contribution in [-0.4, -0.2) is 13.1 Å². The van der Waals surface area contributed by atoms with Crippen molar-refractivity contribution in [1.82, 2.24) is 0 Å². The van der Waals surface area contributed by atoms with Crippen molar-refractivity contribution in [2.24, 2.45) is 0 Å². The highest BCUT2D eigenvalue weighted by molar-refractivity contribution is 5.86. The smallest absolute Gasteiger partial charge is 0.330 e. The molecule has 0 N–H and O–H groups in total. The monoisotopic (exact) mass is 282 g/mol. The molecule has 0 fully saturated rings. The number of ether oxygens (including phenoxy) is 2. The minimum absolute atomic E-state index is 0.374. The number of rotatable bonds is 5. The van der Waals surface area contributed by atoms with E-state index in [9.17, 15) is 4.79 Å². The molecule has 0 saturated heterocycles. The van der Waals surface area contributed by atoms with Crippen LogP contribution in [0.2, 0.25) is 0 Å². The van der Waals surface area contributed by atoms with Crippen LogP contribution < -0.4 is 4.74 Å². The zero-order valence-electron chi connectivity index (χ0n) is 12.2. The van der Waals surface area contributed by atoms with E-state index in [1.165, 1.54) is 18.7 Å². The minimum Gasteiger partial charge on any atom is -0.489 e. The number of aryl methyl sites for hydroxylation is 1. The van der Waals surface area contributed by atoms with E-state index in [2.05, 4.69) is 35.9 Å². The van der Waals surface area contributed by atoms with Crippen LogP contribution in [-0.2, 0) is 16.1 Å². The standard InChI is InChI=1S/C18H18O3/c1-14-6-8-16(9-7-14)13-21-17-5-3-4-15(12-17)10-11-18(19)20-2/h3-12H,13H2,1-2H3/b11-10+. The molecule has 0 radical (unpaired) electrons. The van der Waals surface area contributed by atoms with Gasteiger partial charge in [-0.05, 0) is 36.3 Å². The zero-order valence-corrected chi connectivity index (χ0v) is 12.2. The largest absolute Gasteiger partial charge is 0.489 e. The molecule has 0 bridgehead atoms. The molecule has 0 heterocycles. The van der Waals surface area contributed by atoms with Gasteiger partial charge in [0.25, 0.3) is 0 Å². The van der Waals surface area contributed by atoms with Gasteiger partial charge in [-0.25, -0.2) is 4.79 Å². The predicted octanol–water partition coefficient (Wildman–Crippen LogP) is 3.76. The Morgan fingerprint density at radius 3 is 2.62 bits per heavy atom. The number of carbonyl (C=O) groups is 1. The van der Waals surface area contributed by atoms with Gasteiger partial charge in [-0.3, -0.25) is 0 Å². The maximum atomic E-state index is 11.1. The number of hydrogen-bond donors (Lipinski definition) is 0. The van der Waals surface area contributed by atoms with E-state index in [4.69, 9.17) is 4.74 Å². The Hall–Kier alpha value is -2.55. The molecule has 3 nitrogen and oxygen atoms in total. The van der Waals surface area contributed by atoms with Gasteiger partial charge in [-0.1, -0.05) is 42.0 Å². The minimum atomic E-state index is -0.374. The van der Waals surface area contributed by atoms with E-state index in [1.54, 1.807) is 6.08 Å². The maximum Gasteiger partial charge on any atom is 0.330 e. The molecular weight excluding hydrogens is 264 g/mol. The van der Waals surface area contributed by atoms with Crippen molar-refractivity contribution in [2.75, 3.05) is 7.11 Å². The molecule has 108 valence electrons. The normalized spacial score (nSPS) is 10.6. The summed E-state index contributed by atoms with van der Waals surface area (Å²) < 4.78 is 10.3. The van der Waals surface area contributed by atoms with Gasteiger partial charge in [0.2, 0.25) is 0 Å². The molecule has 2 aromatic rings. The second-order valence-electron chi connectivity index (χ2n) is 4.70. The Bertz CT molecular complexity index is 627. The van der Waals surface area contributed by atoms with E-state index < -0.39 is 0 Å². The van der Waals surface area contributed by atoms with Gasteiger partial charge in [0.1, 0.15) is 12.4 Å². The fraction of sp³-hybridized carbons (Fsp3) is 0.167. The fourth-order valence-corrected chi connectivity index (χ4v) is 1.79. The molecule has 0 aliphatic rings. The van der Waals surface area contributed by atoms with Gasteiger partial charge in [0, 0.05) is 6.08 Å². The van der Waals surface area contributed by atoms with Crippen LogP contribution in [0.3, 0.4) is 0 Å². The van der Waals surface area contributed by atoms with Crippen LogP contribution in [0.15, 0.2) is 54.6 Å². The molecular formula is C18H18O3. The van der Waals surface area contributed by atoms with E-state index in [0.717, 1.165) is 16.9 Å². The number of benzene rings is 2. The molecule has 3 heteroatoms. The first kappa shape index (κ1) is 14.9. The highest BCUT2D eigenvalue weighted by Crippen LogP contribution is 2.16. The first-order valence-corrected chi connectivity index (χ1v) is 6.72. The zero-order chi connectivity index (χ0) is 15.1. The van der Waals surface area contributed by atoms with Gasteiger partial charge >= 0.3 is 5.97 Å². The van der Waals surface area contributed by atoms with E-state index in [1.807, 2.05) is 24.3 Å². The third-order valence-electron chi connectivity index (χ3n) is 3.00. The van der Waals surface area contributed by atoms with Crippen molar-refractivity contribution in [3.05, 3.63) is 71.3 Å². The van der Waals surface area contributed by atoms with E-state index >= 15 is 0 Å². The lowest BCUT2D eigenvalue weighted by Crippen LogP contribution is -1.96. The Morgan fingerprint density at radius 2 is 1.90 bits per heavy atom. The van der Waals surface area contributed by atoms with Crippen molar-refractivity contribution < 1.29 is 14.3 Å². The average Bonchev–Trinajstić information content (AvgIpc) is 2.52. The number of hydrogen-bond acceptors (Lipinski definition) is 3. The lowest BCUT2D eigenvalue weighted by Gasteiger charge is -2.07. The third-order valence-corrected chi connectivity index (χ3v) is 3.00. The van der Waals surface area contributed by atoms with Crippen LogP contribution in [0.5, 0.6) is 5.75 Å². The maximum absolute atomic E-state index is 11.1. The summed E-state index contributed by atoms with van der Waals surface area (Å²) >= 11 is 0. The fourth-order valence-electron chi connectivity index (χ4n) is 1.79. The molecule has 0 saturated carbocycles. The van der Waals surface area contributed by atoms with Crippen molar-refractivity contribution >= 4 is 12.0 Å². The molecule has 21 heavy (non-hydrogen) atoms. The molecule has 0 atom stereocenters. The van der Waals surface area contributed by atoms with Crippen LogP contribution in [0.4, 0.5) is 0 Å². The van der Waals surface area contributed by atoms with E-state index in [-0.39, 0.29) is 5.97 Å². The first-order chi connectivity index (χ1) is 10.2. The summed E-state index contributed by atoms with van der Waals surface area (Å²) in [6.07, 6.45) is 3.09. The third kappa shape index (κ3) is 4.80. The van der Waals surface area contributed by atoms with Gasteiger partial charge in [-0.2, -0.15) is 0 Å². The van der Waals surface area contributed by atoms with Crippen LogP contribution in [0.25, 0.3) is 6.08 Å². The topological polar surface area (TPSA) is 35.5 Å².